The maximum Gasteiger partial charge on any atom is 0.387 e. The molecule has 0 aromatic heterocycles. The standard InChI is InChI=1S/C11H12F3NO3/c1-2-17-8(16)5-6-3-4-7(18-11(13)14)10(15)9(6)12/h3-4,11H,2,5,15H2,1H3. The molecule has 0 unspecified atom stereocenters. The minimum absolute atomic E-state index is 0.0347. The maximum absolute atomic E-state index is 13.7. The Labute approximate surface area is 101 Å². The van der Waals surface area contributed by atoms with Gasteiger partial charge in [-0.05, 0) is 13.0 Å². The fourth-order valence-corrected chi connectivity index (χ4v) is 1.32. The molecule has 0 aliphatic carbocycles. The number of alkyl halides is 2. The van der Waals surface area contributed by atoms with Crippen molar-refractivity contribution < 1.29 is 27.4 Å². The SMILES string of the molecule is CCOC(=O)Cc1ccc(OC(F)F)c(N)c1F. The number of benzene rings is 1. The van der Waals surface area contributed by atoms with Gasteiger partial charge in [0.15, 0.2) is 11.6 Å². The Morgan fingerprint density at radius 1 is 1.44 bits per heavy atom. The third-order valence-corrected chi connectivity index (χ3v) is 2.08. The summed E-state index contributed by atoms with van der Waals surface area (Å²) in [7, 11) is 0. The second kappa shape index (κ2) is 6.13. The zero-order chi connectivity index (χ0) is 13.7. The van der Waals surface area contributed by atoms with Crippen molar-refractivity contribution in [3.05, 3.63) is 23.5 Å². The Bertz CT molecular complexity index is 438. The molecule has 0 bridgehead atoms. The number of rotatable bonds is 5. The van der Waals surface area contributed by atoms with Gasteiger partial charge in [0.2, 0.25) is 0 Å². The molecule has 1 rings (SSSR count). The predicted molar refractivity (Wildman–Crippen MR) is 57.8 cm³/mol. The van der Waals surface area contributed by atoms with Gasteiger partial charge in [0.25, 0.3) is 0 Å². The maximum atomic E-state index is 13.7. The monoisotopic (exact) mass is 263 g/mol. The highest BCUT2D eigenvalue weighted by Crippen LogP contribution is 2.28. The minimum atomic E-state index is -3.09. The van der Waals surface area contributed by atoms with Crippen LogP contribution in [0.15, 0.2) is 12.1 Å². The number of nitrogens with two attached hydrogens (primary N) is 1. The first-order valence-electron chi connectivity index (χ1n) is 5.13. The van der Waals surface area contributed by atoms with Crippen molar-refractivity contribution in [2.24, 2.45) is 0 Å². The van der Waals surface area contributed by atoms with E-state index in [1.54, 1.807) is 6.92 Å². The lowest BCUT2D eigenvalue weighted by atomic mass is 10.1. The fourth-order valence-electron chi connectivity index (χ4n) is 1.32. The molecule has 1 aromatic rings. The molecule has 0 saturated carbocycles. The van der Waals surface area contributed by atoms with E-state index in [1.165, 1.54) is 0 Å². The molecular formula is C11H12F3NO3. The molecule has 0 heterocycles. The number of hydrogen-bond donors (Lipinski definition) is 1. The third kappa shape index (κ3) is 3.54. The Balaban J connectivity index is 2.90. The lowest BCUT2D eigenvalue weighted by Gasteiger charge is -2.11. The lowest BCUT2D eigenvalue weighted by molar-refractivity contribution is -0.142. The first-order chi connectivity index (χ1) is 8.45. The van der Waals surface area contributed by atoms with Gasteiger partial charge in [0.1, 0.15) is 5.69 Å². The van der Waals surface area contributed by atoms with Crippen molar-refractivity contribution in [1.82, 2.24) is 0 Å². The van der Waals surface area contributed by atoms with Gasteiger partial charge in [-0.15, -0.1) is 0 Å². The highest BCUT2D eigenvalue weighted by atomic mass is 19.3. The van der Waals surface area contributed by atoms with E-state index in [0.29, 0.717) is 0 Å². The number of hydrogen-bond acceptors (Lipinski definition) is 4. The second-order valence-electron chi connectivity index (χ2n) is 3.31. The molecular weight excluding hydrogens is 251 g/mol. The van der Waals surface area contributed by atoms with Crippen molar-refractivity contribution >= 4 is 11.7 Å². The summed E-state index contributed by atoms with van der Waals surface area (Å²) in [6.45, 7) is -1.31. The third-order valence-electron chi connectivity index (χ3n) is 2.08. The van der Waals surface area contributed by atoms with Crippen molar-refractivity contribution in [3.8, 4) is 5.75 Å². The van der Waals surface area contributed by atoms with Crippen LogP contribution in [0, 0.1) is 5.82 Å². The van der Waals surface area contributed by atoms with Crippen LogP contribution < -0.4 is 10.5 Å². The van der Waals surface area contributed by atoms with E-state index < -0.39 is 29.8 Å². The Hall–Kier alpha value is -1.92. The van der Waals surface area contributed by atoms with Crippen LogP contribution in [0.2, 0.25) is 0 Å². The van der Waals surface area contributed by atoms with Crippen molar-refractivity contribution in [3.63, 3.8) is 0 Å². The Morgan fingerprint density at radius 3 is 2.67 bits per heavy atom. The molecule has 7 heteroatoms. The quantitative estimate of drug-likeness (QED) is 0.653. The van der Waals surface area contributed by atoms with E-state index in [1.807, 2.05) is 0 Å². The predicted octanol–water partition coefficient (Wildman–Crippen LogP) is 2.11. The number of carbonyl (C=O) groups excluding carboxylic acids is 1. The zero-order valence-corrected chi connectivity index (χ0v) is 9.58. The van der Waals surface area contributed by atoms with E-state index in [-0.39, 0.29) is 18.6 Å². The molecule has 0 amide bonds. The molecule has 2 N–H and O–H groups in total. The molecule has 100 valence electrons. The van der Waals surface area contributed by atoms with Crippen LogP contribution in [0.3, 0.4) is 0 Å². The van der Waals surface area contributed by atoms with E-state index in [2.05, 4.69) is 9.47 Å². The molecule has 1 aromatic carbocycles. The summed E-state index contributed by atoms with van der Waals surface area (Å²) in [5, 5.41) is 0. The normalized spacial score (nSPS) is 10.5. The number of anilines is 1. The molecule has 0 atom stereocenters. The number of carbonyl (C=O) groups is 1. The summed E-state index contributed by atoms with van der Waals surface area (Å²) in [6, 6.07) is 2.24. The molecule has 0 aliphatic heterocycles. The molecule has 0 radical (unpaired) electrons. The Kier molecular flexibility index (Phi) is 4.82. The Morgan fingerprint density at radius 2 is 2.11 bits per heavy atom. The van der Waals surface area contributed by atoms with Gasteiger partial charge in [0.05, 0.1) is 13.0 Å². The van der Waals surface area contributed by atoms with E-state index in [0.717, 1.165) is 12.1 Å². The first-order valence-corrected chi connectivity index (χ1v) is 5.13. The van der Waals surface area contributed by atoms with Crippen molar-refractivity contribution in [1.29, 1.82) is 0 Å². The van der Waals surface area contributed by atoms with Gasteiger partial charge in [0, 0.05) is 5.56 Å². The van der Waals surface area contributed by atoms with Gasteiger partial charge in [-0.3, -0.25) is 4.79 Å². The van der Waals surface area contributed by atoms with Crippen LogP contribution in [-0.2, 0) is 16.0 Å². The summed E-state index contributed by atoms with van der Waals surface area (Å²) in [5.74, 6) is -2.05. The summed E-state index contributed by atoms with van der Waals surface area (Å²) < 4.78 is 46.2. The summed E-state index contributed by atoms with van der Waals surface area (Å²) in [6.07, 6.45) is -0.321. The van der Waals surface area contributed by atoms with Gasteiger partial charge < -0.3 is 15.2 Å². The summed E-state index contributed by atoms with van der Waals surface area (Å²) in [5.41, 5.74) is 4.70. The van der Waals surface area contributed by atoms with Crippen LogP contribution in [0.25, 0.3) is 0 Å². The van der Waals surface area contributed by atoms with E-state index >= 15 is 0 Å². The molecule has 4 nitrogen and oxygen atoms in total. The molecule has 18 heavy (non-hydrogen) atoms. The fraction of sp³-hybridized carbons (Fsp3) is 0.364. The molecule has 0 spiro atoms. The van der Waals surface area contributed by atoms with Crippen LogP contribution in [0.4, 0.5) is 18.9 Å². The zero-order valence-electron chi connectivity index (χ0n) is 9.58. The van der Waals surface area contributed by atoms with Gasteiger partial charge in [-0.1, -0.05) is 6.07 Å². The average molecular weight is 263 g/mol. The van der Waals surface area contributed by atoms with Gasteiger partial charge in [-0.2, -0.15) is 8.78 Å². The van der Waals surface area contributed by atoms with Crippen LogP contribution in [0.5, 0.6) is 5.75 Å². The number of halogens is 3. The number of nitrogen functional groups attached to an aromatic ring is 1. The topological polar surface area (TPSA) is 61.5 Å². The lowest BCUT2D eigenvalue weighted by Crippen LogP contribution is -2.11. The summed E-state index contributed by atoms with van der Waals surface area (Å²) in [4.78, 5) is 11.2. The van der Waals surface area contributed by atoms with E-state index in [9.17, 15) is 18.0 Å². The van der Waals surface area contributed by atoms with Crippen LogP contribution >= 0.6 is 0 Å². The average Bonchev–Trinajstić information content (AvgIpc) is 2.29. The highest BCUT2D eigenvalue weighted by molar-refractivity contribution is 5.73. The van der Waals surface area contributed by atoms with Crippen LogP contribution in [-0.4, -0.2) is 19.2 Å². The number of esters is 1. The summed E-state index contributed by atoms with van der Waals surface area (Å²) >= 11 is 0. The van der Waals surface area contributed by atoms with Crippen molar-refractivity contribution in [2.45, 2.75) is 20.0 Å². The highest BCUT2D eigenvalue weighted by Gasteiger charge is 2.17. The molecule has 0 fully saturated rings. The van der Waals surface area contributed by atoms with Crippen LogP contribution in [0.1, 0.15) is 12.5 Å². The second-order valence-corrected chi connectivity index (χ2v) is 3.31. The first kappa shape index (κ1) is 14.1. The number of ether oxygens (including phenoxy) is 2. The van der Waals surface area contributed by atoms with Crippen molar-refractivity contribution in [2.75, 3.05) is 12.3 Å². The molecule has 0 aliphatic rings. The minimum Gasteiger partial charge on any atom is -0.466 e. The van der Waals surface area contributed by atoms with Gasteiger partial charge >= 0.3 is 12.6 Å². The van der Waals surface area contributed by atoms with E-state index in [4.69, 9.17) is 5.73 Å². The van der Waals surface area contributed by atoms with Gasteiger partial charge in [-0.25, -0.2) is 4.39 Å². The smallest absolute Gasteiger partial charge is 0.387 e. The largest absolute Gasteiger partial charge is 0.466 e. The molecule has 0 saturated heterocycles.